The van der Waals surface area contributed by atoms with Gasteiger partial charge in [0, 0.05) is 24.7 Å². The SMILES string of the molecule is C[C@@H](OC(=O)CCNS(=O)(=O)c1ccc2c(c1)OCCCO2)C(=O)Nc1ccc(F)cc1. The van der Waals surface area contributed by atoms with Crippen LogP contribution >= 0.6 is 0 Å². The van der Waals surface area contributed by atoms with Gasteiger partial charge in [-0.1, -0.05) is 0 Å². The van der Waals surface area contributed by atoms with Gasteiger partial charge in [-0.3, -0.25) is 9.59 Å². The Morgan fingerprint density at radius 3 is 2.50 bits per heavy atom. The van der Waals surface area contributed by atoms with Crippen molar-refractivity contribution in [3.63, 3.8) is 0 Å². The van der Waals surface area contributed by atoms with Crippen molar-refractivity contribution in [3.05, 3.63) is 48.3 Å². The van der Waals surface area contributed by atoms with Crippen LogP contribution in [-0.2, 0) is 24.3 Å². The number of halogens is 1. The number of carbonyl (C=O) groups excluding carboxylic acids is 2. The molecule has 2 N–H and O–H groups in total. The van der Waals surface area contributed by atoms with Crippen molar-refractivity contribution in [3.8, 4) is 11.5 Å². The van der Waals surface area contributed by atoms with Crippen molar-refractivity contribution in [2.24, 2.45) is 0 Å². The van der Waals surface area contributed by atoms with E-state index >= 15 is 0 Å². The number of fused-ring (bicyclic) bond motifs is 1. The summed E-state index contributed by atoms with van der Waals surface area (Å²) in [5.41, 5.74) is 0.349. The van der Waals surface area contributed by atoms with Crippen LogP contribution in [0.5, 0.6) is 11.5 Å². The Kier molecular flexibility index (Phi) is 7.65. The molecule has 1 heterocycles. The lowest BCUT2D eigenvalue weighted by Crippen LogP contribution is -2.32. The first-order chi connectivity index (χ1) is 15.2. The number of anilines is 1. The van der Waals surface area contributed by atoms with E-state index in [1.165, 1.54) is 49.4 Å². The summed E-state index contributed by atoms with van der Waals surface area (Å²) in [6.45, 7) is 2.06. The van der Waals surface area contributed by atoms with E-state index in [4.69, 9.17) is 14.2 Å². The Bertz CT molecular complexity index is 1070. The van der Waals surface area contributed by atoms with Crippen molar-refractivity contribution in [1.82, 2.24) is 4.72 Å². The number of carbonyl (C=O) groups is 2. The predicted molar refractivity (Wildman–Crippen MR) is 112 cm³/mol. The van der Waals surface area contributed by atoms with E-state index in [1.54, 1.807) is 0 Å². The van der Waals surface area contributed by atoms with Gasteiger partial charge in [0.1, 0.15) is 5.82 Å². The number of hydrogen-bond donors (Lipinski definition) is 2. The zero-order chi connectivity index (χ0) is 23.1. The summed E-state index contributed by atoms with van der Waals surface area (Å²) < 4.78 is 56.2. The molecule has 1 atom stereocenters. The molecule has 1 aliphatic rings. The molecule has 0 spiro atoms. The number of benzene rings is 2. The first-order valence-corrected chi connectivity index (χ1v) is 11.4. The summed E-state index contributed by atoms with van der Waals surface area (Å²) in [6, 6.07) is 9.37. The average Bonchev–Trinajstić information content (AvgIpc) is 3.00. The highest BCUT2D eigenvalue weighted by atomic mass is 32.2. The summed E-state index contributed by atoms with van der Waals surface area (Å²) in [5.74, 6) is -0.994. The number of esters is 1. The molecule has 32 heavy (non-hydrogen) atoms. The maximum atomic E-state index is 12.9. The predicted octanol–water partition coefficient (Wildman–Crippen LogP) is 2.23. The summed E-state index contributed by atoms with van der Waals surface area (Å²) in [6.07, 6.45) is -0.707. The number of rotatable bonds is 8. The third-order valence-corrected chi connectivity index (χ3v) is 5.90. The van der Waals surface area contributed by atoms with E-state index in [2.05, 4.69) is 10.0 Å². The van der Waals surface area contributed by atoms with Gasteiger partial charge in [0.25, 0.3) is 5.91 Å². The molecule has 1 aliphatic heterocycles. The van der Waals surface area contributed by atoms with Gasteiger partial charge in [-0.15, -0.1) is 0 Å². The van der Waals surface area contributed by atoms with Gasteiger partial charge in [0.15, 0.2) is 17.6 Å². The molecule has 0 aromatic heterocycles. The highest BCUT2D eigenvalue weighted by Gasteiger charge is 2.21. The molecule has 0 saturated heterocycles. The standard InChI is InChI=1S/C21H23FN2O7S/c1-14(21(26)24-16-5-3-15(22)4-6-16)31-20(25)9-10-23-32(27,28)17-7-8-18-19(13-17)30-12-2-11-29-18/h3-8,13-14,23H,2,9-12H2,1H3,(H,24,26)/t14-/m1/s1. The van der Waals surface area contributed by atoms with E-state index in [9.17, 15) is 22.4 Å². The largest absolute Gasteiger partial charge is 0.490 e. The topological polar surface area (TPSA) is 120 Å². The fourth-order valence-corrected chi connectivity index (χ4v) is 3.82. The Morgan fingerprint density at radius 2 is 1.78 bits per heavy atom. The average molecular weight is 466 g/mol. The third kappa shape index (κ3) is 6.41. The fraction of sp³-hybridized carbons (Fsp3) is 0.333. The van der Waals surface area contributed by atoms with Crippen LogP contribution < -0.4 is 19.5 Å². The molecule has 2 aromatic rings. The molecule has 11 heteroatoms. The van der Waals surface area contributed by atoms with E-state index in [1.807, 2.05) is 0 Å². The minimum atomic E-state index is -3.89. The zero-order valence-electron chi connectivity index (χ0n) is 17.3. The zero-order valence-corrected chi connectivity index (χ0v) is 18.1. The van der Waals surface area contributed by atoms with Crippen LogP contribution in [0.1, 0.15) is 19.8 Å². The lowest BCUT2D eigenvalue weighted by Gasteiger charge is -2.14. The molecule has 3 rings (SSSR count). The number of hydrogen-bond acceptors (Lipinski definition) is 7. The Morgan fingerprint density at radius 1 is 1.09 bits per heavy atom. The van der Waals surface area contributed by atoms with Crippen LogP contribution in [0.3, 0.4) is 0 Å². The fourth-order valence-electron chi connectivity index (χ4n) is 2.77. The van der Waals surface area contributed by atoms with E-state index < -0.39 is 33.8 Å². The van der Waals surface area contributed by atoms with Gasteiger partial charge >= 0.3 is 5.97 Å². The Balaban J connectivity index is 1.47. The molecule has 0 aliphatic carbocycles. The highest BCUT2D eigenvalue weighted by Crippen LogP contribution is 2.31. The van der Waals surface area contributed by atoms with E-state index in [0.717, 1.165) is 0 Å². The normalized spacial score (nSPS) is 14.2. The number of nitrogens with one attached hydrogen (secondary N) is 2. The van der Waals surface area contributed by atoms with Crippen molar-refractivity contribution in [1.29, 1.82) is 0 Å². The van der Waals surface area contributed by atoms with Crippen LogP contribution in [0.4, 0.5) is 10.1 Å². The van der Waals surface area contributed by atoms with Crippen molar-refractivity contribution in [2.45, 2.75) is 30.8 Å². The second kappa shape index (κ2) is 10.4. The van der Waals surface area contributed by atoms with Crippen LogP contribution in [-0.4, -0.2) is 46.2 Å². The van der Waals surface area contributed by atoms with E-state index in [-0.39, 0.29) is 17.9 Å². The van der Waals surface area contributed by atoms with Crippen LogP contribution in [0, 0.1) is 5.82 Å². The molecule has 0 fully saturated rings. The van der Waals surface area contributed by atoms with Gasteiger partial charge < -0.3 is 19.5 Å². The molecule has 2 aromatic carbocycles. The summed E-state index contributed by atoms with van der Waals surface area (Å²) in [7, 11) is -3.89. The van der Waals surface area contributed by atoms with Gasteiger partial charge in [-0.25, -0.2) is 17.5 Å². The van der Waals surface area contributed by atoms with Crippen LogP contribution in [0.15, 0.2) is 47.4 Å². The monoisotopic (exact) mass is 466 g/mol. The van der Waals surface area contributed by atoms with Crippen molar-refractivity contribution >= 4 is 27.6 Å². The number of amides is 1. The lowest BCUT2D eigenvalue weighted by atomic mass is 10.3. The smallest absolute Gasteiger partial charge is 0.307 e. The molecule has 0 bridgehead atoms. The maximum absolute atomic E-state index is 12.9. The molecule has 0 saturated carbocycles. The molecule has 1 amide bonds. The van der Waals surface area contributed by atoms with Gasteiger partial charge in [0.2, 0.25) is 10.0 Å². The lowest BCUT2D eigenvalue weighted by molar-refractivity contribution is -0.152. The molecule has 0 unspecified atom stereocenters. The second-order valence-electron chi connectivity index (χ2n) is 6.94. The minimum Gasteiger partial charge on any atom is -0.490 e. The molecule has 0 radical (unpaired) electrons. The third-order valence-electron chi connectivity index (χ3n) is 4.44. The highest BCUT2D eigenvalue weighted by molar-refractivity contribution is 7.89. The molecule has 172 valence electrons. The van der Waals surface area contributed by atoms with Crippen molar-refractivity contribution < 1.29 is 36.6 Å². The van der Waals surface area contributed by atoms with Crippen LogP contribution in [0.25, 0.3) is 0 Å². The minimum absolute atomic E-state index is 0.0258. The van der Waals surface area contributed by atoms with Crippen LogP contribution in [0.2, 0.25) is 0 Å². The molecule has 9 nitrogen and oxygen atoms in total. The summed E-state index contributed by atoms with van der Waals surface area (Å²) in [4.78, 5) is 24.0. The van der Waals surface area contributed by atoms with Gasteiger partial charge in [0.05, 0.1) is 24.5 Å². The summed E-state index contributed by atoms with van der Waals surface area (Å²) >= 11 is 0. The first kappa shape index (κ1) is 23.5. The Labute approximate surface area is 184 Å². The first-order valence-electron chi connectivity index (χ1n) is 9.90. The van der Waals surface area contributed by atoms with E-state index in [0.29, 0.717) is 36.8 Å². The van der Waals surface area contributed by atoms with Gasteiger partial charge in [-0.2, -0.15) is 0 Å². The molecular weight excluding hydrogens is 443 g/mol. The molecular formula is C21H23FN2O7S. The number of sulfonamides is 1. The maximum Gasteiger partial charge on any atom is 0.307 e. The quantitative estimate of drug-likeness (QED) is 0.573. The van der Waals surface area contributed by atoms with Crippen molar-refractivity contribution in [2.75, 3.05) is 25.1 Å². The Hall–Kier alpha value is -3.18. The van der Waals surface area contributed by atoms with Gasteiger partial charge in [-0.05, 0) is 43.3 Å². The summed E-state index contributed by atoms with van der Waals surface area (Å²) in [5, 5.41) is 2.49. The second-order valence-corrected chi connectivity index (χ2v) is 8.70. The number of ether oxygens (including phenoxy) is 3.